The van der Waals surface area contributed by atoms with Gasteiger partial charge in [-0.25, -0.2) is 0 Å². The van der Waals surface area contributed by atoms with Crippen molar-refractivity contribution in [3.63, 3.8) is 0 Å². The average Bonchev–Trinajstić information content (AvgIpc) is 2.15. The average molecular weight is 176 g/mol. The molecule has 1 nitrogen and oxygen atoms in total. The first-order valence-corrected chi connectivity index (χ1v) is 4.52. The monoisotopic (exact) mass is 176 g/mol. The van der Waals surface area contributed by atoms with Crippen LogP contribution < -0.4 is 4.74 Å². The second-order valence-corrected chi connectivity index (χ2v) is 3.14. The van der Waals surface area contributed by atoms with Crippen molar-refractivity contribution in [1.29, 1.82) is 0 Å². The maximum atomic E-state index is 5.26. The van der Waals surface area contributed by atoms with Crippen molar-refractivity contribution in [2.75, 3.05) is 7.11 Å². The normalized spacial score (nSPS) is 9.69. The van der Waals surface area contributed by atoms with Crippen LogP contribution >= 0.6 is 0 Å². The molecule has 0 saturated heterocycles. The molecule has 0 aromatic heterocycles. The van der Waals surface area contributed by atoms with Crippen LogP contribution in [0.5, 0.6) is 5.75 Å². The van der Waals surface area contributed by atoms with Gasteiger partial charge in [-0.3, -0.25) is 0 Å². The van der Waals surface area contributed by atoms with Gasteiger partial charge < -0.3 is 4.74 Å². The second-order valence-electron chi connectivity index (χ2n) is 3.14. The maximum absolute atomic E-state index is 5.26. The Balaban J connectivity index is 2.87. The minimum absolute atomic E-state index is 0.979. The van der Waals surface area contributed by atoms with Crippen LogP contribution in [-0.2, 0) is 6.42 Å². The van der Waals surface area contributed by atoms with E-state index in [0.717, 1.165) is 18.6 Å². The first kappa shape index (κ1) is 9.85. The lowest BCUT2D eigenvalue weighted by Crippen LogP contribution is -1.92. The molecule has 0 aliphatic heterocycles. The maximum Gasteiger partial charge on any atom is 0.122 e. The number of hydrogen-bond acceptors (Lipinski definition) is 1. The first-order chi connectivity index (χ1) is 6.27. The van der Waals surface area contributed by atoms with E-state index in [4.69, 9.17) is 4.74 Å². The summed E-state index contributed by atoms with van der Waals surface area (Å²) >= 11 is 0. The van der Waals surface area contributed by atoms with Crippen molar-refractivity contribution in [3.05, 3.63) is 42.0 Å². The highest BCUT2D eigenvalue weighted by Crippen LogP contribution is 2.20. The summed E-state index contributed by atoms with van der Waals surface area (Å²) in [5.74, 6) is 0.979. The standard InChI is InChI=1S/C12H16O/c1-4-5-6-11-9-10(2)7-8-12(11)13-3/h4,7-9H,1,5-6H2,2-3H3. The molecular formula is C12H16O. The lowest BCUT2D eigenvalue weighted by atomic mass is 10.1. The summed E-state index contributed by atoms with van der Waals surface area (Å²) in [6, 6.07) is 6.26. The van der Waals surface area contributed by atoms with E-state index in [0.29, 0.717) is 0 Å². The number of aryl methyl sites for hydroxylation is 2. The third-order valence-electron chi connectivity index (χ3n) is 2.05. The molecule has 0 aliphatic rings. The number of hydrogen-bond donors (Lipinski definition) is 0. The van der Waals surface area contributed by atoms with Crippen molar-refractivity contribution in [2.24, 2.45) is 0 Å². The van der Waals surface area contributed by atoms with E-state index in [9.17, 15) is 0 Å². The molecular weight excluding hydrogens is 160 g/mol. The highest BCUT2D eigenvalue weighted by atomic mass is 16.5. The topological polar surface area (TPSA) is 9.23 Å². The summed E-state index contributed by atoms with van der Waals surface area (Å²) in [4.78, 5) is 0. The highest BCUT2D eigenvalue weighted by molar-refractivity contribution is 5.37. The molecule has 0 spiro atoms. The second kappa shape index (κ2) is 4.70. The van der Waals surface area contributed by atoms with Gasteiger partial charge in [-0.2, -0.15) is 0 Å². The zero-order valence-electron chi connectivity index (χ0n) is 8.34. The third kappa shape index (κ3) is 2.62. The molecule has 70 valence electrons. The molecule has 0 saturated carbocycles. The van der Waals surface area contributed by atoms with E-state index >= 15 is 0 Å². The Kier molecular flexibility index (Phi) is 3.56. The summed E-state index contributed by atoms with van der Waals surface area (Å²) in [5, 5.41) is 0. The summed E-state index contributed by atoms with van der Waals surface area (Å²) in [6.07, 6.45) is 3.94. The van der Waals surface area contributed by atoms with Gasteiger partial charge in [-0.15, -0.1) is 6.58 Å². The van der Waals surface area contributed by atoms with Gasteiger partial charge in [0.15, 0.2) is 0 Å². The Labute approximate surface area is 80.0 Å². The molecule has 13 heavy (non-hydrogen) atoms. The van der Waals surface area contributed by atoms with Crippen LogP contribution in [0, 0.1) is 6.92 Å². The lowest BCUT2D eigenvalue weighted by Gasteiger charge is -2.07. The molecule has 0 unspecified atom stereocenters. The van der Waals surface area contributed by atoms with Gasteiger partial charge in [0.25, 0.3) is 0 Å². The number of methoxy groups -OCH3 is 1. The highest BCUT2D eigenvalue weighted by Gasteiger charge is 2.01. The minimum Gasteiger partial charge on any atom is -0.496 e. The van der Waals surface area contributed by atoms with Gasteiger partial charge in [0.1, 0.15) is 5.75 Å². The number of benzene rings is 1. The molecule has 1 aromatic carbocycles. The van der Waals surface area contributed by atoms with E-state index in [2.05, 4.69) is 25.6 Å². The fraction of sp³-hybridized carbons (Fsp3) is 0.333. The molecule has 0 fully saturated rings. The Morgan fingerprint density at radius 3 is 2.85 bits per heavy atom. The zero-order chi connectivity index (χ0) is 9.68. The minimum atomic E-state index is 0.979. The van der Waals surface area contributed by atoms with Gasteiger partial charge in [0.2, 0.25) is 0 Å². The molecule has 0 heterocycles. The van der Waals surface area contributed by atoms with Gasteiger partial charge in [0.05, 0.1) is 7.11 Å². The Bertz CT molecular complexity index is 289. The predicted molar refractivity (Wildman–Crippen MR) is 56.2 cm³/mol. The fourth-order valence-electron chi connectivity index (χ4n) is 1.36. The molecule has 0 N–H and O–H groups in total. The first-order valence-electron chi connectivity index (χ1n) is 4.52. The van der Waals surface area contributed by atoms with Crippen molar-refractivity contribution >= 4 is 0 Å². The largest absolute Gasteiger partial charge is 0.496 e. The van der Waals surface area contributed by atoms with Crippen LogP contribution in [0.2, 0.25) is 0 Å². The van der Waals surface area contributed by atoms with Gasteiger partial charge in [0, 0.05) is 0 Å². The van der Waals surface area contributed by atoms with E-state index in [1.807, 2.05) is 12.1 Å². The molecule has 0 amide bonds. The molecule has 0 radical (unpaired) electrons. The Hall–Kier alpha value is -1.24. The molecule has 1 rings (SSSR count). The van der Waals surface area contributed by atoms with Gasteiger partial charge >= 0.3 is 0 Å². The van der Waals surface area contributed by atoms with E-state index < -0.39 is 0 Å². The van der Waals surface area contributed by atoms with E-state index in [1.54, 1.807) is 7.11 Å². The van der Waals surface area contributed by atoms with E-state index in [1.165, 1.54) is 11.1 Å². The molecule has 0 bridgehead atoms. The summed E-state index contributed by atoms with van der Waals surface area (Å²) in [6.45, 7) is 5.81. The van der Waals surface area contributed by atoms with Gasteiger partial charge in [-0.05, 0) is 31.4 Å². The summed E-state index contributed by atoms with van der Waals surface area (Å²) in [5.41, 5.74) is 2.54. The third-order valence-corrected chi connectivity index (χ3v) is 2.05. The van der Waals surface area contributed by atoms with Crippen LogP contribution in [0.1, 0.15) is 17.5 Å². The molecule has 0 aliphatic carbocycles. The number of allylic oxidation sites excluding steroid dienone is 1. The van der Waals surface area contributed by atoms with Crippen LogP contribution in [0.4, 0.5) is 0 Å². The van der Waals surface area contributed by atoms with Crippen LogP contribution in [-0.4, -0.2) is 7.11 Å². The Morgan fingerprint density at radius 1 is 1.46 bits per heavy atom. The van der Waals surface area contributed by atoms with Crippen LogP contribution in [0.15, 0.2) is 30.9 Å². The van der Waals surface area contributed by atoms with Gasteiger partial charge in [-0.1, -0.05) is 23.8 Å². The van der Waals surface area contributed by atoms with E-state index in [-0.39, 0.29) is 0 Å². The summed E-state index contributed by atoms with van der Waals surface area (Å²) < 4.78 is 5.26. The fourth-order valence-corrected chi connectivity index (χ4v) is 1.36. The van der Waals surface area contributed by atoms with Crippen LogP contribution in [0.25, 0.3) is 0 Å². The van der Waals surface area contributed by atoms with Crippen molar-refractivity contribution in [1.82, 2.24) is 0 Å². The van der Waals surface area contributed by atoms with Crippen molar-refractivity contribution in [2.45, 2.75) is 19.8 Å². The Morgan fingerprint density at radius 2 is 2.23 bits per heavy atom. The quantitative estimate of drug-likeness (QED) is 0.640. The SMILES string of the molecule is C=CCCc1cc(C)ccc1OC. The molecule has 1 aromatic rings. The smallest absolute Gasteiger partial charge is 0.122 e. The predicted octanol–water partition coefficient (Wildman–Crippen LogP) is 3.12. The summed E-state index contributed by atoms with van der Waals surface area (Å²) in [7, 11) is 1.71. The number of rotatable bonds is 4. The molecule has 0 atom stereocenters. The van der Waals surface area contributed by atoms with Crippen molar-refractivity contribution < 1.29 is 4.74 Å². The molecule has 1 heteroatoms. The van der Waals surface area contributed by atoms with Crippen LogP contribution in [0.3, 0.4) is 0 Å². The number of ether oxygens (including phenoxy) is 1. The lowest BCUT2D eigenvalue weighted by molar-refractivity contribution is 0.409. The zero-order valence-corrected chi connectivity index (χ0v) is 8.34. The van der Waals surface area contributed by atoms with Crippen molar-refractivity contribution in [3.8, 4) is 5.75 Å².